The average molecular weight is 403 g/mol. The maximum Gasteiger partial charge on any atom is 0.185 e. The van der Waals surface area contributed by atoms with Crippen molar-refractivity contribution in [1.29, 1.82) is 0 Å². The Labute approximate surface area is 183 Å². The standard InChI is InChI=1S/C29H38O/c1-21(2)15-17-27(19-25-13-9-7-11-23(25)5)29(30)28(18-16-22(3)4)20-26-14-10-8-12-24(26)6/h7-14,19-22H,15-18H2,1-6H3/b27-19+,28-20+. The van der Waals surface area contributed by atoms with Crippen molar-refractivity contribution in [2.45, 2.75) is 67.2 Å². The minimum Gasteiger partial charge on any atom is -0.289 e. The monoisotopic (exact) mass is 402 g/mol. The average Bonchev–Trinajstić information content (AvgIpc) is 2.70. The third-order valence-corrected chi connectivity index (χ3v) is 5.60. The Bertz CT molecular complexity index is 823. The molecule has 0 saturated heterocycles. The summed E-state index contributed by atoms with van der Waals surface area (Å²) in [6, 6.07) is 16.6. The number of Topliss-reactive ketones (excluding diaryl/α,β-unsaturated/α-hetero) is 1. The van der Waals surface area contributed by atoms with Crippen molar-refractivity contribution in [1.82, 2.24) is 0 Å². The molecule has 0 N–H and O–H groups in total. The molecule has 30 heavy (non-hydrogen) atoms. The van der Waals surface area contributed by atoms with Crippen LogP contribution in [0.5, 0.6) is 0 Å². The second kappa shape index (κ2) is 11.7. The highest BCUT2D eigenvalue weighted by atomic mass is 16.1. The topological polar surface area (TPSA) is 17.1 Å². The molecule has 2 rings (SSSR count). The number of ketones is 1. The predicted octanol–water partition coefficient (Wildman–Crippen LogP) is 8.21. The van der Waals surface area contributed by atoms with E-state index in [-0.39, 0.29) is 5.78 Å². The summed E-state index contributed by atoms with van der Waals surface area (Å²) in [5.41, 5.74) is 6.56. The fourth-order valence-corrected chi connectivity index (χ4v) is 3.47. The third-order valence-electron chi connectivity index (χ3n) is 5.60. The van der Waals surface area contributed by atoms with Crippen LogP contribution in [0.1, 0.15) is 75.6 Å². The van der Waals surface area contributed by atoms with Crippen molar-refractivity contribution in [3.05, 3.63) is 81.9 Å². The van der Waals surface area contributed by atoms with Gasteiger partial charge >= 0.3 is 0 Å². The fourth-order valence-electron chi connectivity index (χ4n) is 3.47. The van der Waals surface area contributed by atoms with Crippen molar-refractivity contribution >= 4 is 17.9 Å². The van der Waals surface area contributed by atoms with E-state index in [1.807, 2.05) is 12.1 Å². The summed E-state index contributed by atoms with van der Waals surface area (Å²) in [5, 5.41) is 0. The Morgan fingerprint density at radius 3 is 1.40 bits per heavy atom. The second-order valence-electron chi connectivity index (χ2n) is 9.25. The molecule has 1 heteroatoms. The minimum atomic E-state index is 0.211. The first-order valence-electron chi connectivity index (χ1n) is 11.3. The van der Waals surface area contributed by atoms with E-state index >= 15 is 0 Å². The van der Waals surface area contributed by atoms with E-state index in [4.69, 9.17) is 0 Å². The van der Waals surface area contributed by atoms with Gasteiger partial charge in [0.1, 0.15) is 0 Å². The van der Waals surface area contributed by atoms with Gasteiger partial charge in [-0.15, -0.1) is 0 Å². The summed E-state index contributed by atoms with van der Waals surface area (Å²) in [6.45, 7) is 13.1. The Balaban J connectivity index is 2.47. The van der Waals surface area contributed by atoms with E-state index in [1.165, 1.54) is 11.1 Å². The van der Waals surface area contributed by atoms with Crippen LogP contribution in [0.4, 0.5) is 0 Å². The molecular weight excluding hydrogens is 364 g/mol. The van der Waals surface area contributed by atoms with Gasteiger partial charge in [-0.3, -0.25) is 4.79 Å². The van der Waals surface area contributed by atoms with Crippen LogP contribution >= 0.6 is 0 Å². The predicted molar refractivity (Wildman–Crippen MR) is 131 cm³/mol. The molecule has 0 saturated carbocycles. The Hall–Kier alpha value is -2.41. The van der Waals surface area contributed by atoms with Crippen LogP contribution in [0.3, 0.4) is 0 Å². The number of aryl methyl sites for hydroxylation is 2. The highest BCUT2D eigenvalue weighted by Crippen LogP contribution is 2.26. The minimum absolute atomic E-state index is 0.211. The van der Waals surface area contributed by atoms with Gasteiger partial charge in [0.2, 0.25) is 0 Å². The smallest absolute Gasteiger partial charge is 0.185 e. The van der Waals surface area contributed by atoms with Crippen LogP contribution in [-0.2, 0) is 4.79 Å². The van der Waals surface area contributed by atoms with Crippen LogP contribution in [0, 0.1) is 25.7 Å². The van der Waals surface area contributed by atoms with Crippen LogP contribution < -0.4 is 0 Å². The zero-order chi connectivity index (χ0) is 22.1. The molecule has 0 atom stereocenters. The number of carbonyl (C=O) groups excluding carboxylic acids is 1. The van der Waals surface area contributed by atoms with Crippen molar-refractivity contribution in [3.8, 4) is 0 Å². The molecule has 0 amide bonds. The SMILES string of the molecule is Cc1ccccc1/C=C(\CCC(C)C)C(=O)/C(=C/c1ccccc1C)CCC(C)C. The summed E-state index contributed by atoms with van der Waals surface area (Å²) in [6.07, 6.45) is 7.92. The summed E-state index contributed by atoms with van der Waals surface area (Å²) in [7, 11) is 0. The number of hydrogen-bond acceptors (Lipinski definition) is 1. The van der Waals surface area contributed by atoms with E-state index in [1.54, 1.807) is 0 Å². The number of benzene rings is 2. The molecule has 1 nitrogen and oxygen atoms in total. The third kappa shape index (κ3) is 7.44. The van der Waals surface area contributed by atoms with Gasteiger partial charge in [-0.2, -0.15) is 0 Å². The van der Waals surface area contributed by atoms with Crippen LogP contribution in [-0.4, -0.2) is 5.78 Å². The number of rotatable bonds is 10. The molecule has 0 aliphatic rings. The second-order valence-corrected chi connectivity index (χ2v) is 9.25. The molecule has 0 spiro atoms. The molecule has 0 radical (unpaired) electrons. The zero-order valence-corrected chi connectivity index (χ0v) is 19.7. The zero-order valence-electron chi connectivity index (χ0n) is 19.7. The normalized spacial score (nSPS) is 12.7. The van der Waals surface area contributed by atoms with Gasteiger partial charge in [0.15, 0.2) is 5.78 Å². The molecule has 2 aromatic carbocycles. The van der Waals surface area contributed by atoms with Gasteiger partial charge in [0.05, 0.1) is 0 Å². The highest BCUT2D eigenvalue weighted by Gasteiger charge is 2.17. The number of carbonyl (C=O) groups is 1. The molecular formula is C29H38O. The molecule has 0 bridgehead atoms. The van der Waals surface area contributed by atoms with E-state index in [2.05, 4.69) is 90.1 Å². The molecule has 0 heterocycles. The lowest BCUT2D eigenvalue weighted by atomic mass is 9.89. The van der Waals surface area contributed by atoms with Crippen LogP contribution in [0.2, 0.25) is 0 Å². The summed E-state index contributed by atoms with van der Waals surface area (Å²) in [5.74, 6) is 1.35. The van der Waals surface area contributed by atoms with E-state index in [0.29, 0.717) is 11.8 Å². The molecule has 0 aromatic heterocycles. The van der Waals surface area contributed by atoms with Crippen molar-refractivity contribution in [2.24, 2.45) is 11.8 Å². The first-order valence-corrected chi connectivity index (χ1v) is 11.3. The van der Waals surface area contributed by atoms with Crippen molar-refractivity contribution in [3.63, 3.8) is 0 Å². The Kier molecular flexibility index (Phi) is 9.30. The number of allylic oxidation sites excluding steroid dienone is 2. The molecule has 0 aliphatic heterocycles. The molecule has 0 aliphatic carbocycles. The first-order chi connectivity index (χ1) is 14.3. The summed E-state index contributed by atoms with van der Waals surface area (Å²) >= 11 is 0. The quantitative estimate of drug-likeness (QED) is 0.366. The van der Waals surface area contributed by atoms with Crippen molar-refractivity contribution in [2.75, 3.05) is 0 Å². The van der Waals surface area contributed by atoms with Gasteiger partial charge in [-0.1, -0.05) is 76.2 Å². The Morgan fingerprint density at radius 2 is 1.07 bits per heavy atom. The van der Waals surface area contributed by atoms with E-state index in [9.17, 15) is 4.79 Å². The summed E-state index contributed by atoms with van der Waals surface area (Å²) < 4.78 is 0. The molecule has 0 unspecified atom stereocenters. The van der Waals surface area contributed by atoms with Crippen LogP contribution in [0.25, 0.3) is 12.2 Å². The molecule has 160 valence electrons. The maximum absolute atomic E-state index is 13.8. The number of hydrogen-bond donors (Lipinski definition) is 0. The lowest BCUT2D eigenvalue weighted by Gasteiger charge is -2.14. The maximum atomic E-state index is 13.8. The van der Waals surface area contributed by atoms with Gasteiger partial charge in [-0.25, -0.2) is 0 Å². The lowest BCUT2D eigenvalue weighted by molar-refractivity contribution is -0.112. The Morgan fingerprint density at radius 1 is 0.700 bits per heavy atom. The first kappa shape index (κ1) is 23.9. The molecule has 0 fully saturated rings. The molecule has 2 aromatic rings. The lowest BCUT2D eigenvalue weighted by Crippen LogP contribution is -2.09. The fraction of sp³-hybridized carbons (Fsp3) is 0.414. The van der Waals surface area contributed by atoms with Crippen LogP contribution in [0.15, 0.2) is 59.7 Å². The van der Waals surface area contributed by atoms with Gasteiger partial charge in [0, 0.05) is 11.1 Å². The van der Waals surface area contributed by atoms with Crippen molar-refractivity contribution < 1.29 is 4.79 Å². The summed E-state index contributed by atoms with van der Waals surface area (Å²) in [4.78, 5) is 13.8. The van der Waals surface area contributed by atoms with Gasteiger partial charge in [-0.05, 0) is 85.8 Å². The van der Waals surface area contributed by atoms with E-state index in [0.717, 1.165) is 48.0 Å². The van der Waals surface area contributed by atoms with Gasteiger partial charge < -0.3 is 0 Å². The van der Waals surface area contributed by atoms with E-state index < -0.39 is 0 Å². The highest BCUT2D eigenvalue weighted by molar-refractivity contribution is 6.13. The van der Waals surface area contributed by atoms with Gasteiger partial charge in [0.25, 0.3) is 0 Å². The largest absolute Gasteiger partial charge is 0.289 e.